The van der Waals surface area contributed by atoms with Crippen molar-refractivity contribution in [1.82, 2.24) is 15.1 Å². The molecule has 1 aliphatic heterocycles. The van der Waals surface area contributed by atoms with Gasteiger partial charge < -0.3 is 10.6 Å². The Morgan fingerprint density at radius 1 is 1.08 bits per heavy atom. The number of hydrogen-bond donors (Lipinski definition) is 2. The van der Waals surface area contributed by atoms with Gasteiger partial charge in [0.05, 0.1) is 16.8 Å². The molecule has 8 heteroatoms. The summed E-state index contributed by atoms with van der Waals surface area (Å²) < 4.78 is 1.64. The summed E-state index contributed by atoms with van der Waals surface area (Å²) in [7, 11) is 0. The number of nitro benzene ring substituents is 1. The second-order valence-electron chi connectivity index (χ2n) is 5.56. The van der Waals surface area contributed by atoms with Crippen LogP contribution in [0, 0.1) is 10.1 Å². The number of para-hydroxylation sites is 1. The minimum absolute atomic E-state index is 0.0316. The number of nitrogens with one attached hydrogen (secondary N) is 2. The van der Waals surface area contributed by atoms with Crippen LogP contribution in [0.5, 0.6) is 0 Å². The van der Waals surface area contributed by atoms with Gasteiger partial charge in [-0.25, -0.2) is 4.68 Å². The molecular formula is C17H13N5O3. The lowest BCUT2D eigenvalue weighted by Crippen LogP contribution is -2.38. The fourth-order valence-electron chi connectivity index (χ4n) is 2.78. The van der Waals surface area contributed by atoms with Crippen LogP contribution in [-0.4, -0.2) is 20.6 Å². The Labute approximate surface area is 142 Å². The second-order valence-corrected chi connectivity index (χ2v) is 5.56. The van der Waals surface area contributed by atoms with Crippen molar-refractivity contribution in [1.29, 1.82) is 0 Å². The monoisotopic (exact) mass is 335 g/mol. The highest BCUT2D eigenvalue weighted by Crippen LogP contribution is 2.29. The van der Waals surface area contributed by atoms with Crippen LogP contribution in [0.1, 0.15) is 22.1 Å². The summed E-state index contributed by atoms with van der Waals surface area (Å²) in [6.45, 7) is 0. The Kier molecular flexibility index (Phi) is 3.42. The minimum atomic E-state index is -0.584. The van der Waals surface area contributed by atoms with Gasteiger partial charge in [0, 0.05) is 17.7 Å². The van der Waals surface area contributed by atoms with Crippen LogP contribution < -0.4 is 10.6 Å². The van der Waals surface area contributed by atoms with Gasteiger partial charge in [0.15, 0.2) is 0 Å². The van der Waals surface area contributed by atoms with Crippen molar-refractivity contribution < 1.29 is 9.72 Å². The van der Waals surface area contributed by atoms with Crippen molar-refractivity contribution in [2.24, 2.45) is 0 Å². The van der Waals surface area contributed by atoms with Crippen molar-refractivity contribution in [3.8, 4) is 5.69 Å². The number of carbonyl (C=O) groups excluding carboxylic acids is 1. The Morgan fingerprint density at radius 3 is 2.64 bits per heavy atom. The Bertz CT molecular complexity index is 967. The number of nitro groups is 1. The van der Waals surface area contributed by atoms with Crippen LogP contribution >= 0.6 is 0 Å². The molecule has 124 valence electrons. The highest BCUT2D eigenvalue weighted by atomic mass is 16.6. The molecule has 1 unspecified atom stereocenters. The van der Waals surface area contributed by atoms with Gasteiger partial charge in [-0.1, -0.05) is 30.3 Å². The van der Waals surface area contributed by atoms with E-state index in [1.165, 1.54) is 18.3 Å². The number of benzene rings is 2. The predicted molar refractivity (Wildman–Crippen MR) is 90.5 cm³/mol. The lowest BCUT2D eigenvalue weighted by Gasteiger charge is -2.26. The van der Waals surface area contributed by atoms with E-state index in [2.05, 4.69) is 15.7 Å². The fourth-order valence-corrected chi connectivity index (χ4v) is 2.78. The van der Waals surface area contributed by atoms with E-state index in [0.29, 0.717) is 16.9 Å². The molecule has 4 rings (SSSR count). The average molecular weight is 335 g/mol. The highest BCUT2D eigenvalue weighted by Gasteiger charge is 2.29. The summed E-state index contributed by atoms with van der Waals surface area (Å²) in [5, 5.41) is 21.3. The van der Waals surface area contributed by atoms with E-state index in [1.807, 2.05) is 30.3 Å². The highest BCUT2D eigenvalue weighted by molar-refractivity contribution is 6.01. The van der Waals surface area contributed by atoms with E-state index in [1.54, 1.807) is 16.8 Å². The summed E-state index contributed by atoms with van der Waals surface area (Å²) in [6.07, 6.45) is 0.910. The number of amides is 1. The maximum atomic E-state index is 12.4. The first-order valence-electron chi connectivity index (χ1n) is 7.59. The topological polar surface area (TPSA) is 102 Å². The number of rotatable bonds is 3. The Hall–Kier alpha value is -3.68. The average Bonchev–Trinajstić information content (AvgIpc) is 3.07. The van der Waals surface area contributed by atoms with Gasteiger partial charge in [-0.15, -0.1) is 0 Å². The zero-order valence-electron chi connectivity index (χ0n) is 12.9. The molecule has 1 aromatic heterocycles. The maximum absolute atomic E-state index is 12.4. The predicted octanol–water partition coefficient (Wildman–Crippen LogP) is 2.63. The lowest BCUT2D eigenvalue weighted by molar-refractivity contribution is -0.384. The third kappa shape index (κ3) is 2.59. The van der Waals surface area contributed by atoms with Gasteiger partial charge in [0.25, 0.3) is 11.6 Å². The molecule has 0 spiro atoms. The van der Waals surface area contributed by atoms with Crippen LogP contribution in [0.3, 0.4) is 0 Å². The molecule has 1 atom stereocenters. The molecular weight excluding hydrogens is 322 g/mol. The number of nitrogens with zero attached hydrogens (tertiary/aromatic N) is 3. The van der Waals surface area contributed by atoms with Gasteiger partial charge in [0.1, 0.15) is 17.5 Å². The zero-order chi connectivity index (χ0) is 17.4. The van der Waals surface area contributed by atoms with Gasteiger partial charge in [0.2, 0.25) is 0 Å². The number of non-ortho nitro benzene ring substituents is 1. The first-order valence-corrected chi connectivity index (χ1v) is 7.59. The second kappa shape index (κ2) is 5.75. The maximum Gasteiger partial charge on any atom is 0.269 e. The standard InChI is InChI=1S/C17H13N5O3/c23-17-14-10-18-21(12-6-2-1-3-7-12)16(14)19-15(20-17)11-5-4-8-13(9-11)22(24)25/h1-10,15,19H,(H,20,23). The van der Waals surface area contributed by atoms with Crippen molar-refractivity contribution >= 4 is 17.4 Å². The first-order chi connectivity index (χ1) is 12.1. The van der Waals surface area contributed by atoms with Gasteiger partial charge in [-0.05, 0) is 12.1 Å². The largest absolute Gasteiger partial charge is 0.345 e. The van der Waals surface area contributed by atoms with Crippen molar-refractivity contribution in [2.75, 3.05) is 5.32 Å². The third-order valence-corrected chi connectivity index (χ3v) is 3.99. The Balaban J connectivity index is 1.73. The first kappa shape index (κ1) is 14.9. The molecule has 2 N–H and O–H groups in total. The molecule has 0 saturated heterocycles. The summed E-state index contributed by atoms with van der Waals surface area (Å²) in [4.78, 5) is 22.9. The van der Waals surface area contributed by atoms with Crippen LogP contribution in [-0.2, 0) is 0 Å². The SMILES string of the molecule is O=C1NC(c2cccc([N+](=O)[O-])c2)Nc2c1cnn2-c1ccccc1. The van der Waals surface area contributed by atoms with Gasteiger partial charge in [-0.2, -0.15) is 5.10 Å². The molecule has 0 fully saturated rings. The molecule has 25 heavy (non-hydrogen) atoms. The lowest BCUT2D eigenvalue weighted by atomic mass is 10.1. The quantitative estimate of drug-likeness (QED) is 0.566. The minimum Gasteiger partial charge on any atom is -0.345 e. The molecule has 8 nitrogen and oxygen atoms in total. The number of hydrogen-bond acceptors (Lipinski definition) is 5. The van der Waals surface area contributed by atoms with E-state index < -0.39 is 11.1 Å². The molecule has 2 aromatic carbocycles. The van der Waals surface area contributed by atoms with E-state index in [0.717, 1.165) is 5.69 Å². The normalized spacial score (nSPS) is 15.8. The molecule has 0 aliphatic carbocycles. The number of anilines is 1. The smallest absolute Gasteiger partial charge is 0.269 e. The van der Waals surface area contributed by atoms with E-state index in [4.69, 9.17) is 0 Å². The third-order valence-electron chi connectivity index (χ3n) is 3.99. The number of aromatic nitrogens is 2. The molecule has 2 heterocycles. The van der Waals surface area contributed by atoms with E-state index in [9.17, 15) is 14.9 Å². The molecule has 1 aliphatic rings. The number of carbonyl (C=O) groups is 1. The zero-order valence-corrected chi connectivity index (χ0v) is 12.9. The van der Waals surface area contributed by atoms with Crippen molar-refractivity contribution in [3.63, 3.8) is 0 Å². The summed E-state index contributed by atoms with van der Waals surface area (Å²) in [5.41, 5.74) is 1.79. The summed E-state index contributed by atoms with van der Waals surface area (Å²) >= 11 is 0. The van der Waals surface area contributed by atoms with Crippen molar-refractivity contribution in [3.05, 3.63) is 82.0 Å². The molecule has 0 bridgehead atoms. The van der Waals surface area contributed by atoms with Crippen LogP contribution in [0.25, 0.3) is 5.69 Å². The molecule has 1 amide bonds. The molecule has 0 saturated carbocycles. The summed E-state index contributed by atoms with van der Waals surface area (Å²) in [5.74, 6) is 0.263. The fraction of sp³-hybridized carbons (Fsp3) is 0.0588. The van der Waals surface area contributed by atoms with Gasteiger partial charge in [-0.3, -0.25) is 14.9 Å². The van der Waals surface area contributed by atoms with Gasteiger partial charge >= 0.3 is 0 Å². The molecule has 0 radical (unpaired) electrons. The van der Waals surface area contributed by atoms with E-state index >= 15 is 0 Å². The van der Waals surface area contributed by atoms with E-state index in [-0.39, 0.29) is 11.6 Å². The number of fused-ring (bicyclic) bond motifs is 1. The Morgan fingerprint density at radius 2 is 1.88 bits per heavy atom. The van der Waals surface area contributed by atoms with Crippen LogP contribution in [0.4, 0.5) is 11.5 Å². The van der Waals surface area contributed by atoms with Crippen LogP contribution in [0.15, 0.2) is 60.8 Å². The summed E-state index contributed by atoms with van der Waals surface area (Å²) in [6, 6.07) is 15.6. The molecule has 3 aromatic rings. The van der Waals surface area contributed by atoms with Crippen LogP contribution in [0.2, 0.25) is 0 Å². The van der Waals surface area contributed by atoms with Crippen molar-refractivity contribution in [2.45, 2.75) is 6.17 Å².